The number of hydrogen-bond acceptors (Lipinski definition) is 4. The minimum atomic E-state index is -0.541. The summed E-state index contributed by atoms with van der Waals surface area (Å²) in [5.41, 5.74) is 0. The molecule has 0 radical (unpaired) electrons. The summed E-state index contributed by atoms with van der Waals surface area (Å²) in [6.45, 7) is 2.84. The van der Waals surface area contributed by atoms with Gasteiger partial charge in [0, 0.05) is 11.7 Å². The lowest BCUT2D eigenvalue weighted by Gasteiger charge is -2.25. The van der Waals surface area contributed by atoms with Gasteiger partial charge in [0.05, 0.1) is 12.7 Å². The third-order valence-electron chi connectivity index (χ3n) is 3.62. The molecule has 0 unspecified atom stereocenters. The van der Waals surface area contributed by atoms with Crippen LogP contribution in [0, 0.1) is 0 Å². The van der Waals surface area contributed by atoms with E-state index in [0.29, 0.717) is 18.3 Å². The van der Waals surface area contributed by atoms with Gasteiger partial charge in [-0.2, -0.15) is 11.8 Å². The Labute approximate surface area is 114 Å². The van der Waals surface area contributed by atoms with Crippen molar-refractivity contribution in [1.29, 1.82) is 0 Å². The Morgan fingerprint density at radius 2 is 2.00 bits per heavy atom. The van der Waals surface area contributed by atoms with Crippen molar-refractivity contribution in [2.45, 2.75) is 69.5 Å². The number of Topliss-reactive ketones (excluding diaryl/α,β-unsaturated/α-hetero) is 1. The third-order valence-corrected chi connectivity index (χ3v) is 5.04. The molecule has 104 valence electrons. The molecule has 2 bridgehead atoms. The maximum atomic E-state index is 11.6. The van der Waals surface area contributed by atoms with E-state index in [2.05, 4.69) is 6.92 Å². The van der Waals surface area contributed by atoms with Gasteiger partial charge in [-0.3, -0.25) is 4.79 Å². The average Bonchev–Trinajstić information content (AvgIpc) is 2.80. The van der Waals surface area contributed by atoms with Crippen LogP contribution in [-0.4, -0.2) is 35.8 Å². The van der Waals surface area contributed by atoms with Gasteiger partial charge in [0.1, 0.15) is 0 Å². The van der Waals surface area contributed by atoms with E-state index in [9.17, 15) is 4.79 Å². The highest BCUT2D eigenvalue weighted by Gasteiger charge is 2.43. The first kappa shape index (κ1) is 14.4. The number of hydrogen-bond donors (Lipinski definition) is 0. The summed E-state index contributed by atoms with van der Waals surface area (Å²) in [5, 5.41) is 0.326. The highest BCUT2D eigenvalue weighted by molar-refractivity contribution is 7.99. The van der Waals surface area contributed by atoms with Crippen molar-refractivity contribution in [3.63, 3.8) is 0 Å². The molecule has 2 aliphatic heterocycles. The van der Waals surface area contributed by atoms with Crippen molar-refractivity contribution in [2.24, 2.45) is 0 Å². The molecule has 3 nitrogen and oxygen atoms in total. The molecule has 2 aliphatic rings. The van der Waals surface area contributed by atoms with E-state index in [-0.39, 0.29) is 11.9 Å². The van der Waals surface area contributed by atoms with Crippen LogP contribution in [0.25, 0.3) is 0 Å². The smallest absolute Gasteiger partial charge is 0.218 e. The van der Waals surface area contributed by atoms with Gasteiger partial charge >= 0.3 is 0 Å². The second-order valence-electron chi connectivity index (χ2n) is 5.19. The van der Waals surface area contributed by atoms with Gasteiger partial charge in [0.25, 0.3) is 0 Å². The van der Waals surface area contributed by atoms with Crippen LogP contribution in [-0.2, 0) is 14.3 Å². The molecule has 0 saturated carbocycles. The first-order valence-corrected chi connectivity index (χ1v) is 8.27. The summed E-state index contributed by atoms with van der Waals surface area (Å²) in [5.74, 6) is 1.28. The number of carbonyl (C=O) groups is 1. The van der Waals surface area contributed by atoms with Crippen LogP contribution in [0.3, 0.4) is 0 Å². The molecule has 0 aromatic carbocycles. The fraction of sp³-hybridized carbons (Fsp3) is 0.929. The first-order chi connectivity index (χ1) is 8.81. The first-order valence-electron chi connectivity index (χ1n) is 7.22. The van der Waals surface area contributed by atoms with E-state index in [0.717, 1.165) is 5.75 Å². The van der Waals surface area contributed by atoms with Crippen molar-refractivity contribution in [3.8, 4) is 0 Å². The highest BCUT2D eigenvalue weighted by Crippen LogP contribution is 2.33. The third kappa shape index (κ3) is 3.97. The molecule has 0 amide bonds. The summed E-state index contributed by atoms with van der Waals surface area (Å²) < 4.78 is 10.8. The molecule has 18 heavy (non-hydrogen) atoms. The molecule has 3 atom stereocenters. The molecule has 4 heteroatoms. The molecule has 2 heterocycles. The highest BCUT2D eigenvalue weighted by atomic mass is 32.2. The van der Waals surface area contributed by atoms with E-state index >= 15 is 0 Å². The molecule has 0 spiro atoms. The van der Waals surface area contributed by atoms with Gasteiger partial charge in [-0.15, -0.1) is 0 Å². The summed E-state index contributed by atoms with van der Waals surface area (Å²) in [4.78, 5) is 11.6. The summed E-state index contributed by atoms with van der Waals surface area (Å²) in [7, 11) is 0. The van der Waals surface area contributed by atoms with Crippen LogP contribution < -0.4 is 0 Å². The van der Waals surface area contributed by atoms with Crippen LogP contribution in [0.2, 0.25) is 0 Å². The van der Waals surface area contributed by atoms with Crippen LogP contribution >= 0.6 is 11.8 Å². The number of thioether (sulfide) groups is 1. The zero-order valence-electron chi connectivity index (χ0n) is 11.2. The number of fused-ring (bicyclic) bond motifs is 2. The van der Waals surface area contributed by atoms with Gasteiger partial charge in [-0.1, -0.05) is 39.0 Å². The summed E-state index contributed by atoms with van der Waals surface area (Å²) in [6.07, 6.45) is 8.20. The van der Waals surface area contributed by atoms with Crippen molar-refractivity contribution in [1.82, 2.24) is 0 Å². The number of unbranched alkanes of at least 4 members (excludes halogenated alkanes) is 5. The second-order valence-corrected chi connectivity index (χ2v) is 6.53. The number of carbonyl (C=O) groups excluding carboxylic acids is 1. The van der Waals surface area contributed by atoms with Gasteiger partial charge in [0.15, 0.2) is 5.78 Å². The fourth-order valence-electron chi connectivity index (χ4n) is 2.49. The standard InChI is InChI=1S/C14H24O3S/c1-2-3-4-5-6-7-8-18-13-9-11(15)14-16-10-12(13)17-14/h12-14H,2-10H2,1H3/t12-,13-,14-/m0/s1. The molecule has 0 aliphatic carbocycles. The fourth-order valence-corrected chi connectivity index (χ4v) is 3.81. The molecule has 2 fully saturated rings. The van der Waals surface area contributed by atoms with E-state index in [1.807, 2.05) is 11.8 Å². The normalized spacial score (nSPS) is 30.9. The van der Waals surface area contributed by atoms with Crippen LogP contribution in [0.5, 0.6) is 0 Å². The molecular weight excluding hydrogens is 248 g/mol. The van der Waals surface area contributed by atoms with Gasteiger partial charge in [-0.25, -0.2) is 0 Å². The Hall–Kier alpha value is -0.0600. The lowest BCUT2D eigenvalue weighted by molar-refractivity contribution is -0.151. The lowest BCUT2D eigenvalue weighted by Crippen LogP contribution is -2.37. The Kier molecular flexibility index (Phi) is 5.99. The SMILES string of the molecule is CCCCCCCCS[C@H]1CC(=O)[C@H]2OC[C@@H]1O2. The van der Waals surface area contributed by atoms with Gasteiger partial charge in [-0.05, 0) is 12.2 Å². The molecule has 2 saturated heterocycles. The van der Waals surface area contributed by atoms with E-state index in [1.54, 1.807) is 0 Å². The quantitative estimate of drug-likeness (QED) is 0.636. The zero-order valence-corrected chi connectivity index (χ0v) is 12.0. The lowest BCUT2D eigenvalue weighted by atomic mass is 10.1. The topological polar surface area (TPSA) is 35.5 Å². The number of ketones is 1. The predicted octanol–water partition coefficient (Wildman–Crippen LogP) is 3.16. The molecule has 2 rings (SSSR count). The minimum absolute atomic E-state index is 0.129. The molecule has 0 N–H and O–H groups in total. The molecule has 0 aromatic heterocycles. The van der Waals surface area contributed by atoms with E-state index in [4.69, 9.17) is 9.47 Å². The van der Waals surface area contributed by atoms with Gasteiger partial charge < -0.3 is 9.47 Å². The van der Waals surface area contributed by atoms with Crippen molar-refractivity contribution < 1.29 is 14.3 Å². The zero-order chi connectivity index (χ0) is 12.8. The van der Waals surface area contributed by atoms with Gasteiger partial charge in [0.2, 0.25) is 6.29 Å². The summed E-state index contributed by atoms with van der Waals surface area (Å²) >= 11 is 1.90. The average molecular weight is 272 g/mol. The van der Waals surface area contributed by atoms with Crippen molar-refractivity contribution in [2.75, 3.05) is 12.4 Å². The maximum absolute atomic E-state index is 11.6. The van der Waals surface area contributed by atoms with Crippen molar-refractivity contribution in [3.05, 3.63) is 0 Å². The monoisotopic (exact) mass is 272 g/mol. The predicted molar refractivity (Wildman–Crippen MR) is 73.9 cm³/mol. The Morgan fingerprint density at radius 3 is 2.83 bits per heavy atom. The molecular formula is C14H24O3S. The van der Waals surface area contributed by atoms with Crippen LogP contribution in [0.15, 0.2) is 0 Å². The number of rotatable bonds is 8. The Morgan fingerprint density at radius 1 is 1.22 bits per heavy atom. The largest absolute Gasteiger partial charge is 0.343 e. The number of ether oxygens (including phenoxy) is 2. The maximum Gasteiger partial charge on any atom is 0.218 e. The van der Waals surface area contributed by atoms with E-state index in [1.165, 1.54) is 38.5 Å². The summed E-state index contributed by atoms with van der Waals surface area (Å²) in [6, 6.07) is 0. The van der Waals surface area contributed by atoms with Crippen LogP contribution in [0.1, 0.15) is 51.9 Å². The van der Waals surface area contributed by atoms with E-state index < -0.39 is 6.29 Å². The Bertz CT molecular complexity index is 270. The minimum Gasteiger partial charge on any atom is -0.343 e. The Balaban J connectivity index is 1.55. The van der Waals surface area contributed by atoms with Crippen molar-refractivity contribution >= 4 is 17.5 Å². The van der Waals surface area contributed by atoms with Crippen LogP contribution in [0.4, 0.5) is 0 Å². The molecule has 0 aromatic rings. The second kappa shape index (κ2) is 7.51.